The second-order valence-electron chi connectivity index (χ2n) is 2.65. The molecule has 0 saturated heterocycles. The molecule has 0 bridgehead atoms. The molecule has 0 aromatic carbocycles. The second-order valence-corrected chi connectivity index (χ2v) is 2.65. The average molecular weight is 162 g/mol. The van der Waals surface area contributed by atoms with Crippen molar-refractivity contribution in [1.29, 1.82) is 0 Å². The standard InChI is InChI=1S/C9H10N2O/c12-7-6-11-5-3-8-2-1-4-10-9(8)11/h1-5,12H,6-7H2. The van der Waals surface area contributed by atoms with Gasteiger partial charge in [-0.05, 0) is 18.2 Å². The topological polar surface area (TPSA) is 38.0 Å². The number of nitrogens with zero attached hydrogens (tertiary/aromatic N) is 2. The first kappa shape index (κ1) is 7.31. The third kappa shape index (κ3) is 1.08. The molecule has 12 heavy (non-hydrogen) atoms. The number of fused-ring (bicyclic) bond motifs is 1. The number of pyridine rings is 1. The van der Waals surface area contributed by atoms with Crippen molar-refractivity contribution in [3.8, 4) is 0 Å². The van der Waals surface area contributed by atoms with E-state index in [0.29, 0.717) is 6.54 Å². The maximum Gasteiger partial charge on any atom is 0.139 e. The van der Waals surface area contributed by atoms with E-state index in [1.807, 2.05) is 29.0 Å². The van der Waals surface area contributed by atoms with Gasteiger partial charge in [0.1, 0.15) is 5.65 Å². The SMILES string of the molecule is OCCn1ccc2cccnc21. The van der Waals surface area contributed by atoms with Crippen molar-refractivity contribution in [2.24, 2.45) is 0 Å². The zero-order chi connectivity index (χ0) is 8.39. The van der Waals surface area contributed by atoms with E-state index in [2.05, 4.69) is 4.98 Å². The molecule has 2 aromatic heterocycles. The smallest absolute Gasteiger partial charge is 0.139 e. The molecule has 1 N–H and O–H groups in total. The van der Waals surface area contributed by atoms with E-state index in [1.54, 1.807) is 6.20 Å². The molecule has 0 saturated carbocycles. The molecule has 2 heterocycles. The third-order valence-electron chi connectivity index (χ3n) is 1.86. The first-order valence-electron chi connectivity index (χ1n) is 3.92. The molecule has 0 spiro atoms. The first-order chi connectivity index (χ1) is 5.92. The number of rotatable bonds is 2. The Hall–Kier alpha value is -1.35. The second kappa shape index (κ2) is 2.95. The van der Waals surface area contributed by atoms with Gasteiger partial charge in [-0.15, -0.1) is 0 Å². The molecule has 0 radical (unpaired) electrons. The lowest BCUT2D eigenvalue weighted by atomic mass is 10.3. The Morgan fingerprint density at radius 2 is 2.33 bits per heavy atom. The number of aromatic nitrogens is 2. The molecule has 0 unspecified atom stereocenters. The van der Waals surface area contributed by atoms with Crippen LogP contribution in [0.2, 0.25) is 0 Å². The highest BCUT2D eigenvalue weighted by Gasteiger charge is 1.98. The van der Waals surface area contributed by atoms with Crippen molar-refractivity contribution in [2.45, 2.75) is 6.54 Å². The van der Waals surface area contributed by atoms with Gasteiger partial charge in [-0.2, -0.15) is 0 Å². The first-order valence-corrected chi connectivity index (χ1v) is 3.92. The van der Waals surface area contributed by atoms with Crippen LogP contribution in [0.25, 0.3) is 11.0 Å². The number of aliphatic hydroxyl groups is 1. The van der Waals surface area contributed by atoms with Gasteiger partial charge >= 0.3 is 0 Å². The van der Waals surface area contributed by atoms with Gasteiger partial charge in [0, 0.05) is 24.3 Å². The van der Waals surface area contributed by atoms with Gasteiger partial charge in [0.2, 0.25) is 0 Å². The quantitative estimate of drug-likeness (QED) is 0.716. The lowest BCUT2D eigenvalue weighted by Crippen LogP contribution is -2.00. The van der Waals surface area contributed by atoms with Crippen molar-refractivity contribution in [3.63, 3.8) is 0 Å². The average Bonchev–Trinajstić information content (AvgIpc) is 2.50. The summed E-state index contributed by atoms with van der Waals surface area (Å²) in [5.41, 5.74) is 0.937. The van der Waals surface area contributed by atoms with Crippen LogP contribution in [0, 0.1) is 0 Å². The molecule has 2 aromatic rings. The number of aliphatic hydroxyl groups excluding tert-OH is 1. The summed E-state index contributed by atoms with van der Waals surface area (Å²) in [4.78, 5) is 4.21. The van der Waals surface area contributed by atoms with Crippen LogP contribution in [0.15, 0.2) is 30.6 Å². The highest BCUT2D eigenvalue weighted by Crippen LogP contribution is 2.11. The van der Waals surface area contributed by atoms with E-state index in [4.69, 9.17) is 5.11 Å². The predicted octanol–water partition coefficient (Wildman–Crippen LogP) is 1.03. The number of hydrogen-bond acceptors (Lipinski definition) is 2. The van der Waals surface area contributed by atoms with Gasteiger partial charge in [-0.1, -0.05) is 0 Å². The van der Waals surface area contributed by atoms with Crippen LogP contribution in [0.3, 0.4) is 0 Å². The lowest BCUT2D eigenvalue weighted by molar-refractivity contribution is 0.278. The van der Waals surface area contributed by atoms with Crippen LogP contribution in [-0.2, 0) is 6.54 Å². The Labute approximate surface area is 70.3 Å². The Balaban J connectivity index is 2.55. The van der Waals surface area contributed by atoms with Crippen molar-refractivity contribution < 1.29 is 5.11 Å². The lowest BCUT2D eigenvalue weighted by Gasteiger charge is -1.99. The molecule has 0 aliphatic rings. The molecule has 0 aliphatic carbocycles. The number of hydrogen-bond donors (Lipinski definition) is 1. The van der Waals surface area contributed by atoms with E-state index in [9.17, 15) is 0 Å². The largest absolute Gasteiger partial charge is 0.395 e. The summed E-state index contributed by atoms with van der Waals surface area (Å²) < 4.78 is 1.94. The zero-order valence-corrected chi connectivity index (χ0v) is 6.64. The summed E-state index contributed by atoms with van der Waals surface area (Å²) in [7, 11) is 0. The van der Waals surface area contributed by atoms with Gasteiger partial charge in [-0.25, -0.2) is 4.98 Å². The van der Waals surface area contributed by atoms with Gasteiger partial charge in [0.15, 0.2) is 0 Å². The predicted molar refractivity (Wildman–Crippen MR) is 46.8 cm³/mol. The van der Waals surface area contributed by atoms with Crippen LogP contribution in [0.1, 0.15) is 0 Å². The highest BCUT2D eigenvalue weighted by molar-refractivity contribution is 5.75. The van der Waals surface area contributed by atoms with E-state index in [0.717, 1.165) is 11.0 Å². The van der Waals surface area contributed by atoms with Crippen LogP contribution >= 0.6 is 0 Å². The highest BCUT2D eigenvalue weighted by atomic mass is 16.3. The van der Waals surface area contributed by atoms with Gasteiger partial charge in [0.25, 0.3) is 0 Å². The maximum atomic E-state index is 8.75. The Morgan fingerprint density at radius 1 is 1.42 bits per heavy atom. The maximum absolute atomic E-state index is 8.75. The van der Waals surface area contributed by atoms with E-state index < -0.39 is 0 Å². The van der Waals surface area contributed by atoms with Crippen LogP contribution in [-0.4, -0.2) is 21.3 Å². The normalized spacial score (nSPS) is 10.8. The van der Waals surface area contributed by atoms with Gasteiger partial charge in [-0.3, -0.25) is 0 Å². The molecule has 0 amide bonds. The molecule has 3 nitrogen and oxygen atoms in total. The molecular weight excluding hydrogens is 152 g/mol. The minimum absolute atomic E-state index is 0.153. The fourth-order valence-corrected chi connectivity index (χ4v) is 1.31. The fourth-order valence-electron chi connectivity index (χ4n) is 1.31. The van der Waals surface area contributed by atoms with Crippen molar-refractivity contribution in [3.05, 3.63) is 30.6 Å². The van der Waals surface area contributed by atoms with Crippen molar-refractivity contribution in [2.75, 3.05) is 6.61 Å². The summed E-state index contributed by atoms with van der Waals surface area (Å²) in [6.07, 6.45) is 3.70. The van der Waals surface area contributed by atoms with E-state index in [-0.39, 0.29) is 6.61 Å². The Bertz CT molecular complexity index is 381. The molecule has 0 fully saturated rings. The summed E-state index contributed by atoms with van der Waals surface area (Å²) >= 11 is 0. The van der Waals surface area contributed by atoms with E-state index >= 15 is 0 Å². The summed E-state index contributed by atoms with van der Waals surface area (Å²) in [6, 6.07) is 5.92. The molecule has 62 valence electrons. The Kier molecular flexibility index (Phi) is 1.80. The third-order valence-corrected chi connectivity index (χ3v) is 1.86. The minimum atomic E-state index is 0.153. The summed E-state index contributed by atoms with van der Waals surface area (Å²) in [5, 5.41) is 9.87. The zero-order valence-electron chi connectivity index (χ0n) is 6.64. The van der Waals surface area contributed by atoms with Crippen LogP contribution in [0.5, 0.6) is 0 Å². The summed E-state index contributed by atoms with van der Waals surface area (Å²) in [6.45, 7) is 0.765. The Morgan fingerprint density at radius 3 is 3.17 bits per heavy atom. The van der Waals surface area contributed by atoms with Crippen molar-refractivity contribution >= 4 is 11.0 Å². The molecule has 0 atom stereocenters. The van der Waals surface area contributed by atoms with Crippen molar-refractivity contribution in [1.82, 2.24) is 9.55 Å². The molecule has 3 heteroatoms. The van der Waals surface area contributed by atoms with E-state index in [1.165, 1.54) is 0 Å². The molecule has 0 aliphatic heterocycles. The van der Waals surface area contributed by atoms with Crippen LogP contribution in [0.4, 0.5) is 0 Å². The molecule has 2 rings (SSSR count). The summed E-state index contributed by atoms with van der Waals surface area (Å²) in [5.74, 6) is 0. The fraction of sp³-hybridized carbons (Fsp3) is 0.222. The van der Waals surface area contributed by atoms with Gasteiger partial charge in [0.05, 0.1) is 6.61 Å². The molecular formula is C9H10N2O. The monoisotopic (exact) mass is 162 g/mol. The minimum Gasteiger partial charge on any atom is -0.395 e. The van der Waals surface area contributed by atoms with Gasteiger partial charge < -0.3 is 9.67 Å². The van der Waals surface area contributed by atoms with Crippen LogP contribution < -0.4 is 0 Å².